The number of carbonyl (C=O) groups is 1. The lowest BCUT2D eigenvalue weighted by molar-refractivity contribution is -0.152. The van der Waals surface area contributed by atoms with Crippen LogP contribution in [0.15, 0.2) is 6.33 Å². The van der Waals surface area contributed by atoms with Crippen molar-refractivity contribution in [3.05, 3.63) is 12.2 Å². The maximum atomic E-state index is 11.2. The molecule has 6 nitrogen and oxygen atoms in total. The number of hydrogen-bond acceptors (Lipinski definition) is 4. The molecule has 1 aromatic rings. The van der Waals surface area contributed by atoms with Gasteiger partial charge in [0.2, 0.25) is 0 Å². The van der Waals surface area contributed by atoms with E-state index in [-0.39, 0.29) is 6.61 Å². The summed E-state index contributed by atoms with van der Waals surface area (Å²) in [6.45, 7) is 0.287. The molecule has 1 saturated carbocycles. The maximum absolute atomic E-state index is 11.2. The van der Waals surface area contributed by atoms with Crippen LogP contribution in [0, 0.1) is 0 Å². The van der Waals surface area contributed by atoms with E-state index in [1.165, 1.54) is 6.33 Å². The van der Waals surface area contributed by atoms with Crippen LogP contribution in [-0.2, 0) is 21.7 Å². The zero-order valence-electron chi connectivity index (χ0n) is 8.51. The van der Waals surface area contributed by atoms with E-state index in [4.69, 9.17) is 4.74 Å². The zero-order chi connectivity index (χ0) is 10.9. The topological polar surface area (TPSA) is 77.2 Å². The maximum Gasteiger partial charge on any atom is 0.329 e. The molecule has 1 aromatic heterocycles. The number of methoxy groups -OCH3 is 1. The predicted molar refractivity (Wildman–Crippen MR) is 50.2 cm³/mol. The van der Waals surface area contributed by atoms with Crippen LogP contribution >= 0.6 is 0 Å². The number of aromatic nitrogens is 3. The van der Waals surface area contributed by atoms with Crippen LogP contribution < -0.4 is 0 Å². The molecule has 0 bridgehead atoms. The lowest BCUT2D eigenvalue weighted by Crippen LogP contribution is -2.48. The Labute approximate surface area is 86.9 Å². The number of carboxylic acids is 1. The van der Waals surface area contributed by atoms with E-state index in [1.807, 2.05) is 0 Å². The molecule has 82 valence electrons. The summed E-state index contributed by atoms with van der Waals surface area (Å²) in [7, 11) is 1.55. The van der Waals surface area contributed by atoms with E-state index in [2.05, 4.69) is 10.2 Å². The minimum atomic E-state index is -0.836. The highest BCUT2D eigenvalue weighted by atomic mass is 16.5. The van der Waals surface area contributed by atoms with Crippen LogP contribution in [0.4, 0.5) is 0 Å². The fourth-order valence-electron chi connectivity index (χ4n) is 1.91. The number of nitrogens with zero attached hydrogens (tertiary/aromatic N) is 3. The third-order valence-electron chi connectivity index (χ3n) is 2.93. The smallest absolute Gasteiger partial charge is 0.329 e. The van der Waals surface area contributed by atoms with Gasteiger partial charge in [0.1, 0.15) is 18.5 Å². The molecular weight excluding hydrogens is 198 g/mol. The molecule has 1 aliphatic rings. The molecule has 0 aliphatic heterocycles. The fraction of sp³-hybridized carbons (Fsp3) is 0.667. The van der Waals surface area contributed by atoms with Gasteiger partial charge >= 0.3 is 5.97 Å². The largest absolute Gasteiger partial charge is 0.479 e. The molecule has 0 saturated heterocycles. The van der Waals surface area contributed by atoms with Crippen LogP contribution in [0.5, 0.6) is 0 Å². The predicted octanol–water partition coefficient (Wildman–Crippen LogP) is 0.388. The highest BCUT2D eigenvalue weighted by molar-refractivity contribution is 5.78. The summed E-state index contributed by atoms with van der Waals surface area (Å²) in [6, 6.07) is 0. The van der Waals surface area contributed by atoms with Crippen molar-refractivity contribution < 1.29 is 14.6 Å². The molecule has 1 N–H and O–H groups in total. The third kappa shape index (κ3) is 1.41. The minimum Gasteiger partial charge on any atom is -0.479 e. The standard InChI is InChI=1S/C9H13N3O3/c1-15-5-7-11-10-6-12(7)9(8(13)14)3-2-4-9/h6H,2-5H2,1H3,(H,13,14). The summed E-state index contributed by atoms with van der Waals surface area (Å²) >= 11 is 0. The molecular formula is C9H13N3O3. The van der Waals surface area contributed by atoms with Gasteiger partial charge in [-0.3, -0.25) is 4.57 Å². The molecule has 0 atom stereocenters. The Kier molecular flexibility index (Phi) is 2.44. The monoisotopic (exact) mass is 211 g/mol. The van der Waals surface area contributed by atoms with Crippen molar-refractivity contribution in [1.82, 2.24) is 14.8 Å². The van der Waals surface area contributed by atoms with Gasteiger partial charge in [0, 0.05) is 7.11 Å². The second-order valence-electron chi connectivity index (χ2n) is 3.74. The first-order valence-electron chi connectivity index (χ1n) is 4.82. The van der Waals surface area contributed by atoms with E-state index in [0.717, 1.165) is 6.42 Å². The normalized spacial score (nSPS) is 18.5. The zero-order valence-corrected chi connectivity index (χ0v) is 8.51. The van der Waals surface area contributed by atoms with Gasteiger partial charge in [-0.25, -0.2) is 4.79 Å². The van der Waals surface area contributed by atoms with Gasteiger partial charge in [-0.2, -0.15) is 0 Å². The van der Waals surface area contributed by atoms with Gasteiger partial charge in [0.25, 0.3) is 0 Å². The summed E-state index contributed by atoms with van der Waals surface area (Å²) in [5.74, 6) is -0.245. The molecule has 1 fully saturated rings. The van der Waals surface area contributed by atoms with Crippen LogP contribution in [0.1, 0.15) is 25.1 Å². The third-order valence-corrected chi connectivity index (χ3v) is 2.93. The Morgan fingerprint density at radius 2 is 2.47 bits per heavy atom. The van der Waals surface area contributed by atoms with Gasteiger partial charge in [-0.05, 0) is 19.3 Å². The number of carboxylic acid groups (broad SMARTS) is 1. The van der Waals surface area contributed by atoms with Gasteiger partial charge in [0.05, 0.1) is 0 Å². The Bertz CT molecular complexity index is 370. The molecule has 0 radical (unpaired) electrons. The van der Waals surface area contributed by atoms with Crippen molar-refractivity contribution in [2.24, 2.45) is 0 Å². The van der Waals surface area contributed by atoms with Gasteiger partial charge in [0.15, 0.2) is 5.82 Å². The number of hydrogen-bond donors (Lipinski definition) is 1. The van der Waals surface area contributed by atoms with Crippen LogP contribution in [0.25, 0.3) is 0 Å². The Morgan fingerprint density at radius 1 is 1.73 bits per heavy atom. The van der Waals surface area contributed by atoms with Crippen LogP contribution in [0.3, 0.4) is 0 Å². The van der Waals surface area contributed by atoms with E-state index < -0.39 is 11.5 Å². The van der Waals surface area contributed by atoms with Crippen molar-refractivity contribution in [3.63, 3.8) is 0 Å². The molecule has 0 unspecified atom stereocenters. The quantitative estimate of drug-likeness (QED) is 0.779. The molecule has 0 amide bonds. The second-order valence-corrected chi connectivity index (χ2v) is 3.74. The Morgan fingerprint density at radius 3 is 2.93 bits per heavy atom. The SMILES string of the molecule is COCc1nncn1C1(C(=O)O)CCC1. The summed E-state index contributed by atoms with van der Waals surface area (Å²) in [6.07, 6.45) is 3.67. The summed E-state index contributed by atoms with van der Waals surface area (Å²) < 4.78 is 6.58. The lowest BCUT2D eigenvalue weighted by Gasteiger charge is -2.39. The molecule has 2 rings (SSSR count). The lowest BCUT2D eigenvalue weighted by atomic mass is 9.76. The van der Waals surface area contributed by atoms with E-state index >= 15 is 0 Å². The van der Waals surface area contributed by atoms with E-state index in [9.17, 15) is 9.90 Å². The summed E-state index contributed by atoms with van der Waals surface area (Å²) in [5.41, 5.74) is -0.836. The Hall–Kier alpha value is -1.43. The second kappa shape index (κ2) is 3.62. The molecule has 6 heteroatoms. The first-order valence-corrected chi connectivity index (χ1v) is 4.82. The van der Waals surface area contributed by atoms with Gasteiger partial charge in [-0.15, -0.1) is 10.2 Å². The highest BCUT2D eigenvalue weighted by Gasteiger charge is 2.47. The average Bonchev–Trinajstić information content (AvgIpc) is 2.52. The van der Waals surface area contributed by atoms with Crippen molar-refractivity contribution in [3.8, 4) is 0 Å². The number of ether oxygens (including phenoxy) is 1. The molecule has 1 aliphatic carbocycles. The first kappa shape index (κ1) is 10.1. The van der Waals surface area contributed by atoms with E-state index in [0.29, 0.717) is 18.7 Å². The van der Waals surface area contributed by atoms with Gasteiger partial charge in [-0.1, -0.05) is 0 Å². The van der Waals surface area contributed by atoms with Crippen molar-refractivity contribution in [2.75, 3.05) is 7.11 Å². The minimum absolute atomic E-state index is 0.287. The molecule has 1 heterocycles. The molecule has 15 heavy (non-hydrogen) atoms. The summed E-state index contributed by atoms with van der Waals surface area (Å²) in [5, 5.41) is 16.8. The number of rotatable bonds is 4. The van der Waals surface area contributed by atoms with Gasteiger partial charge < -0.3 is 9.84 Å². The molecule has 0 spiro atoms. The van der Waals surface area contributed by atoms with Crippen LogP contribution in [0.2, 0.25) is 0 Å². The fourth-order valence-corrected chi connectivity index (χ4v) is 1.91. The Balaban J connectivity index is 2.34. The van der Waals surface area contributed by atoms with E-state index in [1.54, 1.807) is 11.7 Å². The number of aliphatic carboxylic acids is 1. The van der Waals surface area contributed by atoms with Crippen molar-refractivity contribution >= 4 is 5.97 Å². The first-order chi connectivity index (χ1) is 7.20. The highest BCUT2D eigenvalue weighted by Crippen LogP contribution is 2.39. The summed E-state index contributed by atoms with van der Waals surface area (Å²) in [4.78, 5) is 11.2. The van der Waals surface area contributed by atoms with Crippen molar-refractivity contribution in [2.45, 2.75) is 31.4 Å². The van der Waals surface area contributed by atoms with Crippen LogP contribution in [-0.4, -0.2) is 33.0 Å². The molecule has 0 aromatic carbocycles. The van der Waals surface area contributed by atoms with Crippen molar-refractivity contribution in [1.29, 1.82) is 0 Å². The average molecular weight is 211 g/mol.